The van der Waals surface area contributed by atoms with E-state index >= 15 is 0 Å². The highest BCUT2D eigenvalue weighted by atomic mass is 32.2. The van der Waals surface area contributed by atoms with Crippen molar-refractivity contribution in [1.82, 2.24) is 14.9 Å². The molecule has 0 saturated heterocycles. The molecule has 0 bridgehead atoms. The molecular weight excluding hydrogens is 434 g/mol. The van der Waals surface area contributed by atoms with Crippen molar-refractivity contribution in [1.29, 1.82) is 0 Å². The van der Waals surface area contributed by atoms with Crippen molar-refractivity contribution in [2.24, 2.45) is 0 Å². The maximum atomic E-state index is 12.5. The first kappa shape index (κ1) is 23.3. The van der Waals surface area contributed by atoms with E-state index in [2.05, 4.69) is 14.9 Å². The number of benzene rings is 2. The second kappa shape index (κ2) is 10.8. The molecule has 0 spiro atoms. The van der Waals surface area contributed by atoms with Gasteiger partial charge in [-0.05, 0) is 49.4 Å². The lowest BCUT2D eigenvalue weighted by atomic mass is 10.1. The normalized spacial score (nSPS) is 11.1. The highest BCUT2D eigenvalue weighted by molar-refractivity contribution is 7.89. The standard InChI is InChI=1S/C22H25N3O6S/c1-4-30-17-7-5-16(6-8-17)19-10-12-22(25-24-19)31-14-13-23-32(26,27)18-9-11-20(28-2)21(15-18)29-3/h5-12,15,23H,4,13-14H2,1-3H3. The van der Waals surface area contributed by atoms with E-state index in [0.717, 1.165) is 11.3 Å². The van der Waals surface area contributed by atoms with Gasteiger partial charge in [-0.1, -0.05) is 0 Å². The molecule has 0 aliphatic heterocycles. The van der Waals surface area contributed by atoms with E-state index in [0.29, 0.717) is 29.7 Å². The number of ether oxygens (including phenoxy) is 4. The second-order valence-electron chi connectivity index (χ2n) is 6.48. The van der Waals surface area contributed by atoms with Crippen LogP contribution in [-0.4, -0.2) is 52.6 Å². The number of hydrogen-bond acceptors (Lipinski definition) is 8. The minimum absolute atomic E-state index is 0.0546. The Morgan fingerprint density at radius 2 is 1.62 bits per heavy atom. The van der Waals surface area contributed by atoms with E-state index < -0.39 is 10.0 Å². The molecular formula is C22H25N3O6S. The molecule has 3 rings (SSSR count). The smallest absolute Gasteiger partial charge is 0.240 e. The van der Waals surface area contributed by atoms with Crippen molar-refractivity contribution < 1.29 is 27.4 Å². The average Bonchev–Trinajstić information content (AvgIpc) is 2.82. The number of nitrogens with one attached hydrogen (secondary N) is 1. The fraction of sp³-hybridized carbons (Fsp3) is 0.273. The van der Waals surface area contributed by atoms with Gasteiger partial charge in [0.1, 0.15) is 12.4 Å². The maximum Gasteiger partial charge on any atom is 0.240 e. The predicted molar refractivity (Wildman–Crippen MR) is 119 cm³/mol. The summed E-state index contributed by atoms with van der Waals surface area (Å²) < 4.78 is 48.6. The minimum atomic E-state index is -3.73. The van der Waals surface area contributed by atoms with Crippen molar-refractivity contribution in [3.05, 3.63) is 54.6 Å². The Morgan fingerprint density at radius 1 is 0.875 bits per heavy atom. The summed E-state index contributed by atoms with van der Waals surface area (Å²) in [5, 5.41) is 8.19. The third kappa shape index (κ3) is 5.86. The van der Waals surface area contributed by atoms with E-state index in [1.807, 2.05) is 31.2 Å². The largest absolute Gasteiger partial charge is 0.494 e. The summed E-state index contributed by atoms with van der Waals surface area (Å²) in [6, 6.07) is 15.4. The van der Waals surface area contributed by atoms with Gasteiger partial charge in [0.15, 0.2) is 11.5 Å². The van der Waals surface area contributed by atoms with Crippen LogP contribution in [0.3, 0.4) is 0 Å². The fourth-order valence-corrected chi connectivity index (χ4v) is 3.87. The van der Waals surface area contributed by atoms with Gasteiger partial charge in [-0.15, -0.1) is 10.2 Å². The number of sulfonamides is 1. The summed E-state index contributed by atoms with van der Waals surface area (Å²) in [5.74, 6) is 1.86. The summed E-state index contributed by atoms with van der Waals surface area (Å²) in [5.41, 5.74) is 1.59. The SMILES string of the molecule is CCOc1ccc(-c2ccc(OCCNS(=O)(=O)c3ccc(OC)c(OC)c3)nn2)cc1. The molecule has 0 unspecified atom stereocenters. The first-order chi connectivity index (χ1) is 15.5. The van der Waals surface area contributed by atoms with Crippen LogP contribution in [0.15, 0.2) is 59.5 Å². The minimum Gasteiger partial charge on any atom is -0.494 e. The Balaban J connectivity index is 1.53. The number of rotatable bonds is 11. The number of nitrogens with zero attached hydrogens (tertiary/aromatic N) is 2. The van der Waals surface area contributed by atoms with Gasteiger partial charge in [-0.25, -0.2) is 13.1 Å². The van der Waals surface area contributed by atoms with Crippen LogP contribution < -0.4 is 23.7 Å². The average molecular weight is 460 g/mol. The molecule has 0 aliphatic rings. The zero-order chi connectivity index (χ0) is 23.0. The number of methoxy groups -OCH3 is 2. The van der Waals surface area contributed by atoms with E-state index in [1.165, 1.54) is 32.4 Å². The molecule has 0 radical (unpaired) electrons. The van der Waals surface area contributed by atoms with Gasteiger partial charge in [-0.2, -0.15) is 0 Å². The molecule has 1 N–H and O–H groups in total. The molecule has 0 amide bonds. The molecule has 9 nitrogen and oxygen atoms in total. The molecule has 0 fully saturated rings. The highest BCUT2D eigenvalue weighted by Crippen LogP contribution is 2.29. The molecule has 10 heteroatoms. The fourth-order valence-electron chi connectivity index (χ4n) is 2.84. The van der Waals surface area contributed by atoms with Gasteiger partial charge >= 0.3 is 0 Å². The van der Waals surface area contributed by atoms with Crippen LogP contribution in [0, 0.1) is 0 Å². The van der Waals surface area contributed by atoms with Crippen LogP contribution in [0.4, 0.5) is 0 Å². The Labute approximate surface area is 187 Å². The summed E-state index contributed by atoms with van der Waals surface area (Å²) in [6.45, 7) is 2.68. The monoisotopic (exact) mass is 459 g/mol. The molecule has 1 heterocycles. The number of aromatic nitrogens is 2. The Morgan fingerprint density at radius 3 is 2.25 bits per heavy atom. The van der Waals surface area contributed by atoms with Crippen LogP contribution in [0.5, 0.6) is 23.1 Å². The van der Waals surface area contributed by atoms with Crippen LogP contribution in [0.1, 0.15) is 6.92 Å². The van der Waals surface area contributed by atoms with Gasteiger partial charge in [0.2, 0.25) is 15.9 Å². The summed E-state index contributed by atoms with van der Waals surface area (Å²) in [7, 11) is -0.811. The molecule has 0 atom stereocenters. The van der Waals surface area contributed by atoms with Gasteiger partial charge < -0.3 is 18.9 Å². The van der Waals surface area contributed by atoms with Crippen molar-refractivity contribution >= 4 is 10.0 Å². The Hall–Kier alpha value is -3.37. The van der Waals surface area contributed by atoms with E-state index in [9.17, 15) is 8.42 Å². The second-order valence-corrected chi connectivity index (χ2v) is 8.24. The molecule has 32 heavy (non-hydrogen) atoms. The first-order valence-electron chi connectivity index (χ1n) is 9.88. The van der Waals surface area contributed by atoms with E-state index in [-0.39, 0.29) is 18.0 Å². The Bertz CT molecular complexity index is 1120. The summed E-state index contributed by atoms with van der Waals surface area (Å²) in [6.07, 6.45) is 0. The van der Waals surface area contributed by atoms with Gasteiger partial charge in [0.25, 0.3) is 0 Å². The topological polar surface area (TPSA) is 109 Å². The van der Waals surface area contributed by atoms with Crippen LogP contribution in [0.2, 0.25) is 0 Å². The van der Waals surface area contributed by atoms with Crippen molar-refractivity contribution in [3.63, 3.8) is 0 Å². The summed E-state index contributed by atoms with van der Waals surface area (Å²) in [4.78, 5) is 0.0645. The van der Waals surface area contributed by atoms with Crippen LogP contribution in [-0.2, 0) is 10.0 Å². The zero-order valence-corrected chi connectivity index (χ0v) is 18.9. The molecule has 3 aromatic rings. The first-order valence-corrected chi connectivity index (χ1v) is 11.4. The van der Waals surface area contributed by atoms with Crippen LogP contribution >= 0.6 is 0 Å². The molecule has 1 aromatic heterocycles. The van der Waals surface area contributed by atoms with Crippen molar-refractivity contribution in [2.45, 2.75) is 11.8 Å². The van der Waals surface area contributed by atoms with Gasteiger partial charge in [-0.3, -0.25) is 0 Å². The van der Waals surface area contributed by atoms with Crippen LogP contribution in [0.25, 0.3) is 11.3 Å². The quantitative estimate of drug-likeness (QED) is 0.436. The molecule has 2 aromatic carbocycles. The predicted octanol–water partition coefficient (Wildman–Crippen LogP) is 2.92. The maximum absolute atomic E-state index is 12.5. The zero-order valence-electron chi connectivity index (χ0n) is 18.1. The van der Waals surface area contributed by atoms with Crippen molar-refractivity contribution in [2.75, 3.05) is 34.0 Å². The summed E-state index contributed by atoms with van der Waals surface area (Å²) >= 11 is 0. The Kier molecular flexibility index (Phi) is 7.85. The number of hydrogen-bond donors (Lipinski definition) is 1. The lowest BCUT2D eigenvalue weighted by molar-refractivity contribution is 0.307. The molecule has 0 saturated carbocycles. The van der Waals surface area contributed by atoms with Gasteiger partial charge in [0, 0.05) is 24.2 Å². The van der Waals surface area contributed by atoms with E-state index in [1.54, 1.807) is 12.1 Å². The lowest BCUT2D eigenvalue weighted by Crippen LogP contribution is -2.28. The third-order valence-electron chi connectivity index (χ3n) is 4.41. The molecule has 0 aliphatic carbocycles. The van der Waals surface area contributed by atoms with Crippen molar-refractivity contribution in [3.8, 4) is 34.4 Å². The van der Waals surface area contributed by atoms with Gasteiger partial charge in [0.05, 0.1) is 31.4 Å². The highest BCUT2D eigenvalue weighted by Gasteiger charge is 2.16. The third-order valence-corrected chi connectivity index (χ3v) is 5.87. The molecule has 170 valence electrons. The van der Waals surface area contributed by atoms with E-state index in [4.69, 9.17) is 18.9 Å². The lowest BCUT2D eigenvalue weighted by Gasteiger charge is -2.11.